The summed E-state index contributed by atoms with van der Waals surface area (Å²) in [6.45, 7) is 6.31. The van der Waals surface area contributed by atoms with Crippen LogP contribution >= 0.6 is 19.9 Å². The third-order valence-electron chi connectivity index (χ3n) is 1.33. The van der Waals surface area contributed by atoms with Gasteiger partial charge in [0.15, 0.2) is 19.9 Å². The van der Waals surface area contributed by atoms with Crippen LogP contribution in [0.1, 0.15) is 0 Å². The molecule has 0 aliphatic rings. The zero-order valence-corrected chi connectivity index (χ0v) is 12.2. The van der Waals surface area contributed by atoms with E-state index in [1.807, 2.05) is 30.3 Å². The maximum atomic E-state index is 8.53. The van der Waals surface area contributed by atoms with Crippen LogP contribution < -0.4 is 0 Å². The highest BCUT2D eigenvalue weighted by atomic mass is 127. The van der Waals surface area contributed by atoms with E-state index in [1.165, 1.54) is 0 Å². The Labute approximate surface area is 98.1 Å². The Morgan fingerprint density at radius 2 is 1.87 bits per heavy atom. The molecule has 15 heavy (non-hydrogen) atoms. The highest BCUT2D eigenvalue weighted by molar-refractivity contribution is 14.2. The Morgan fingerprint density at radius 1 is 1.27 bits per heavy atom. The second-order valence-electron chi connectivity index (χ2n) is 3.88. The fourth-order valence-electron chi connectivity index (χ4n) is 0.876. The van der Waals surface area contributed by atoms with Crippen LogP contribution in [0.4, 0.5) is 0 Å². The quantitative estimate of drug-likeness (QED) is 0.326. The van der Waals surface area contributed by atoms with E-state index in [2.05, 4.69) is 27.9 Å². The molecule has 82 valence electrons. The molecule has 0 radical (unpaired) electrons. The summed E-state index contributed by atoms with van der Waals surface area (Å²) in [6, 6.07) is 9.78. The van der Waals surface area contributed by atoms with E-state index in [0.29, 0.717) is 0 Å². The monoisotopic (exact) mass is 335 g/mol. The van der Waals surface area contributed by atoms with Crippen LogP contribution in [-0.2, 0) is 2.76 Å². The molecule has 4 nitrogen and oxygen atoms in total. The fraction of sp³-hybridized carbons (Fsp3) is 0.333. The van der Waals surface area contributed by atoms with Gasteiger partial charge in [-0.05, 0) is 31.8 Å². The largest absolute Gasteiger partial charge is 0.346 e. The van der Waals surface area contributed by atoms with Crippen molar-refractivity contribution in [2.45, 2.75) is 19.6 Å². The van der Waals surface area contributed by atoms with Gasteiger partial charge < -0.3 is 2.76 Å². The lowest BCUT2D eigenvalue weighted by Gasteiger charge is -2.15. The van der Waals surface area contributed by atoms with Gasteiger partial charge in [0.1, 0.15) is 0 Å². The van der Waals surface area contributed by atoms with Crippen LogP contribution in [0.5, 0.6) is 0 Å². The van der Waals surface area contributed by atoms with E-state index < -0.39 is 28.2 Å². The molecule has 0 bridgehead atoms. The Bertz CT molecular complexity index is 416. The number of halogens is 1. The molecule has 0 atom stereocenters. The van der Waals surface area contributed by atoms with Crippen molar-refractivity contribution in [2.24, 2.45) is 5.22 Å². The molecule has 1 rings (SSSR count). The van der Waals surface area contributed by atoms with Crippen molar-refractivity contribution in [3.8, 4) is 0 Å². The van der Waals surface area contributed by atoms with Gasteiger partial charge in [0.2, 0.25) is 8.32 Å². The van der Waals surface area contributed by atoms with Crippen molar-refractivity contribution in [1.82, 2.24) is 0 Å². The molecule has 0 N–H and O–H groups in total. The lowest BCUT2D eigenvalue weighted by Crippen LogP contribution is -2.21. The predicted octanol–water partition coefficient (Wildman–Crippen LogP) is 4.35. The first-order valence-corrected chi connectivity index (χ1v) is 10.9. The summed E-state index contributed by atoms with van der Waals surface area (Å²) in [5.41, 5.74) is 8.53. The molecule has 0 saturated carbocycles. The molecule has 0 heterocycles. The molecule has 6 heteroatoms. The molecule has 0 saturated heterocycles. The highest BCUT2D eigenvalue weighted by Gasteiger charge is 2.18. The Hall–Kier alpha value is -0.563. The molecular formula is C9H14IN3OSi. The molecule has 0 unspecified atom stereocenters. The highest BCUT2D eigenvalue weighted by Crippen LogP contribution is 2.35. The van der Waals surface area contributed by atoms with E-state index in [0.717, 1.165) is 3.57 Å². The predicted molar refractivity (Wildman–Crippen MR) is 72.7 cm³/mol. The zero-order valence-electron chi connectivity index (χ0n) is 9.01. The van der Waals surface area contributed by atoms with Gasteiger partial charge in [0, 0.05) is 10.8 Å². The Kier molecular flexibility index (Phi) is 4.59. The summed E-state index contributed by atoms with van der Waals surface area (Å²) in [6.07, 6.45) is 0. The SMILES string of the molecule is C[Si](C)(C)OI(#[N+]N=[N-])c1ccccc1. The average Bonchev–Trinajstić information content (AvgIpc) is 2.17. The number of nitrogens with zero attached hydrogens (tertiary/aromatic N) is 3. The van der Waals surface area contributed by atoms with Crippen molar-refractivity contribution in [3.05, 3.63) is 42.5 Å². The van der Waals surface area contributed by atoms with Gasteiger partial charge in [-0.25, -0.2) is 3.07 Å². The summed E-state index contributed by atoms with van der Waals surface area (Å²) in [7, 11) is -1.64. The van der Waals surface area contributed by atoms with E-state index in [-0.39, 0.29) is 0 Å². The fourth-order valence-corrected chi connectivity index (χ4v) is 7.67. The topological polar surface area (TPSA) is 48.2 Å². The van der Waals surface area contributed by atoms with Crippen LogP contribution in [0.3, 0.4) is 0 Å². The van der Waals surface area contributed by atoms with Gasteiger partial charge in [0.25, 0.3) is 0 Å². The summed E-state index contributed by atoms with van der Waals surface area (Å²) in [4.78, 5) is 0. The molecule has 0 aliphatic heterocycles. The van der Waals surface area contributed by atoms with Crippen LogP contribution in [0.25, 0.3) is 8.60 Å². The lowest BCUT2D eigenvalue weighted by molar-refractivity contribution is 0.722. The first-order valence-electron chi connectivity index (χ1n) is 4.53. The molecule has 0 aromatic heterocycles. The summed E-state index contributed by atoms with van der Waals surface area (Å²) < 4.78 is 10.8. The van der Waals surface area contributed by atoms with E-state index in [1.54, 1.807) is 0 Å². The molecule has 0 spiro atoms. The van der Waals surface area contributed by atoms with E-state index in [9.17, 15) is 0 Å². The second kappa shape index (κ2) is 5.50. The van der Waals surface area contributed by atoms with Crippen molar-refractivity contribution < 1.29 is 2.76 Å². The van der Waals surface area contributed by atoms with E-state index in [4.69, 9.17) is 8.29 Å². The third kappa shape index (κ3) is 4.65. The normalized spacial score (nSPS) is 11.2. The van der Waals surface area contributed by atoms with E-state index >= 15 is 0 Å². The maximum Gasteiger partial charge on any atom is 0.201 e. The molecule has 0 fully saturated rings. The molecule has 1 aromatic carbocycles. The number of benzene rings is 1. The van der Waals surface area contributed by atoms with Gasteiger partial charge in [-0.1, -0.05) is 18.2 Å². The average molecular weight is 335 g/mol. The van der Waals surface area contributed by atoms with Crippen molar-refractivity contribution >= 4 is 28.2 Å². The van der Waals surface area contributed by atoms with Gasteiger partial charge >= 0.3 is 0 Å². The minimum atomic E-state index is -2.13. The molecule has 0 amide bonds. The standard InChI is InChI=1S/C9H14IN3OSi/c1-15(2,3)14-10(12-13-11)9-7-5-4-6-8-9/h4-8H,1-3H3. The Morgan fingerprint density at radius 3 is 2.33 bits per heavy atom. The van der Waals surface area contributed by atoms with Gasteiger partial charge in [0.05, 0.1) is 3.57 Å². The lowest BCUT2D eigenvalue weighted by atomic mass is 10.4. The number of hydrogen-bond acceptors (Lipinski definition) is 2. The van der Waals surface area contributed by atoms with Crippen LogP contribution in [0, 0.1) is 3.57 Å². The van der Waals surface area contributed by atoms with Crippen molar-refractivity contribution in [3.63, 3.8) is 0 Å². The first-order chi connectivity index (χ1) is 7.03. The Balaban J connectivity index is 3.01. The van der Waals surface area contributed by atoms with Gasteiger partial charge in [-0.3, -0.25) is 0 Å². The van der Waals surface area contributed by atoms with Crippen LogP contribution in [0.2, 0.25) is 19.6 Å². The molecule has 0 aliphatic carbocycles. The summed E-state index contributed by atoms with van der Waals surface area (Å²) >= 11 is -2.13. The smallest absolute Gasteiger partial charge is 0.201 e. The molecule has 1 aromatic rings. The minimum Gasteiger partial charge on any atom is -0.346 e. The van der Waals surface area contributed by atoms with Crippen molar-refractivity contribution in [2.75, 3.05) is 0 Å². The zero-order chi connectivity index (χ0) is 11.3. The third-order valence-corrected chi connectivity index (χ3v) is 9.52. The summed E-state index contributed by atoms with van der Waals surface area (Å²) in [5.74, 6) is 0. The minimum absolute atomic E-state index is 1.06. The molecular weight excluding hydrogens is 321 g/mol. The van der Waals surface area contributed by atoms with Crippen molar-refractivity contribution in [1.29, 1.82) is 0 Å². The maximum absolute atomic E-state index is 8.53. The van der Waals surface area contributed by atoms with Gasteiger partial charge in [-0.2, -0.15) is 0 Å². The number of rotatable bonds is 1. The summed E-state index contributed by atoms with van der Waals surface area (Å²) in [5, 5.41) is 2.89. The van der Waals surface area contributed by atoms with Gasteiger partial charge in [-0.15, -0.1) is 0 Å². The number of hydrogen-bond donors (Lipinski definition) is 0. The first kappa shape index (κ1) is 12.5. The van der Waals surface area contributed by atoms with Crippen LogP contribution in [0.15, 0.2) is 35.6 Å². The second-order valence-corrected chi connectivity index (χ2v) is 12.6. The van der Waals surface area contributed by atoms with Crippen LogP contribution in [-0.4, -0.2) is 8.32 Å².